The molecule has 22 heavy (non-hydrogen) atoms. The lowest BCUT2D eigenvalue weighted by Gasteiger charge is -2.25. The van der Waals surface area contributed by atoms with E-state index in [-0.39, 0.29) is 12.1 Å². The molecule has 116 valence electrons. The first-order chi connectivity index (χ1) is 10.7. The van der Waals surface area contributed by atoms with E-state index < -0.39 is 0 Å². The van der Waals surface area contributed by atoms with E-state index in [1.165, 1.54) is 0 Å². The maximum Gasteiger partial charge on any atom is 0.338 e. The number of hydrogen-bond donors (Lipinski definition) is 0. The van der Waals surface area contributed by atoms with Crippen molar-refractivity contribution < 1.29 is 9.53 Å². The molecule has 3 nitrogen and oxygen atoms in total. The Labute approximate surface area is 132 Å². The molecule has 3 heteroatoms. The van der Waals surface area contributed by atoms with Crippen LogP contribution < -0.4 is 0 Å². The molecular weight excluding hydrogens is 274 g/mol. The van der Waals surface area contributed by atoms with Crippen LogP contribution in [0, 0.1) is 0 Å². The fourth-order valence-corrected chi connectivity index (χ4v) is 2.37. The van der Waals surface area contributed by atoms with Crippen LogP contribution in [0.3, 0.4) is 0 Å². The number of carbonyl (C=O) groups is 1. The lowest BCUT2D eigenvalue weighted by Crippen LogP contribution is -2.30. The number of likely N-dealkylation sites (N-methyl/N-ethyl adjacent to an activating group) is 1. The molecule has 0 radical (unpaired) electrons. The Bertz CT molecular complexity index is 565. The Hall–Kier alpha value is -2.13. The van der Waals surface area contributed by atoms with E-state index >= 15 is 0 Å². The maximum absolute atomic E-state index is 12.3. The Morgan fingerprint density at radius 2 is 1.50 bits per heavy atom. The van der Waals surface area contributed by atoms with Crippen LogP contribution in [0.4, 0.5) is 0 Å². The van der Waals surface area contributed by atoms with Crippen LogP contribution >= 0.6 is 0 Å². The fraction of sp³-hybridized carbons (Fsp3) is 0.316. The summed E-state index contributed by atoms with van der Waals surface area (Å²) < 4.78 is 5.78. The number of hydrogen-bond acceptors (Lipinski definition) is 3. The molecule has 0 aliphatic carbocycles. The number of ether oxygens (including phenoxy) is 1. The van der Waals surface area contributed by atoms with Gasteiger partial charge in [-0.3, -0.25) is 4.90 Å². The largest absolute Gasteiger partial charge is 0.453 e. The van der Waals surface area contributed by atoms with Gasteiger partial charge in [-0.05, 0) is 30.8 Å². The Balaban J connectivity index is 2.16. The van der Waals surface area contributed by atoms with Crippen LogP contribution in [-0.2, 0) is 4.74 Å². The van der Waals surface area contributed by atoms with Crippen molar-refractivity contribution in [2.75, 3.05) is 19.6 Å². The highest BCUT2D eigenvalue weighted by molar-refractivity contribution is 5.89. The first-order valence-electron chi connectivity index (χ1n) is 7.78. The van der Waals surface area contributed by atoms with Gasteiger partial charge in [0.1, 0.15) is 6.10 Å². The van der Waals surface area contributed by atoms with Crippen LogP contribution in [0.15, 0.2) is 60.7 Å². The summed E-state index contributed by atoms with van der Waals surface area (Å²) in [5.41, 5.74) is 1.61. The van der Waals surface area contributed by atoms with E-state index in [1.807, 2.05) is 48.5 Å². The number of nitrogens with zero attached hydrogens (tertiary/aromatic N) is 1. The molecule has 0 fully saturated rings. The monoisotopic (exact) mass is 297 g/mol. The molecule has 0 aromatic heterocycles. The molecule has 0 spiro atoms. The Morgan fingerprint density at radius 1 is 0.955 bits per heavy atom. The number of carbonyl (C=O) groups excluding carboxylic acids is 1. The summed E-state index contributed by atoms with van der Waals surface area (Å²) in [4.78, 5) is 14.6. The summed E-state index contributed by atoms with van der Waals surface area (Å²) in [7, 11) is 0. The van der Waals surface area contributed by atoms with Gasteiger partial charge in [-0.1, -0.05) is 62.4 Å². The molecule has 0 aliphatic rings. The van der Waals surface area contributed by atoms with Crippen LogP contribution in [0.1, 0.15) is 35.9 Å². The second-order valence-corrected chi connectivity index (χ2v) is 5.16. The fourth-order valence-electron chi connectivity index (χ4n) is 2.37. The number of benzene rings is 2. The Morgan fingerprint density at radius 3 is 2.05 bits per heavy atom. The molecule has 0 heterocycles. The van der Waals surface area contributed by atoms with Crippen molar-refractivity contribution in [3.63, 3.8) is 0 Å². The minimum atomic E-state index is -0.276. The van der Waals surface area contributed by atoms with Gasteiger partial charge < -0.3 is 4.74 Å². The quantitative estimate of drug-likeness (QED) is 0.725. The van der Waals surface area contributed by atoms with Gasteiger partial charge in [-0.25, -0.2) is 4.79 Å². The smallest absolute Gasteiger partial charge is 0.338 e. The molecule has 2 rings (SSSR count). The second kappa shape index (κ2) is 8.35. The molecule has 2 aromatic carbocycles. The zero-order valence-electron chi connectivity index (χ0n) is 13.2. The highest BCUT2D eigenvalue weighted by Crippen LogP contribution is 2.20. The third kappa shape index (κ3) is 4.43. The average Bonchev–Trinajstić information content (AvgIpc) is 2.60. The van der Waals surface area contributed by atoms with E-state index in [2.05, 4.69) is 18.7 Å². The molecule has 0 amide bonds. The van der Waals surface area contributed by atoms with E-state index in [1.54, 1.807) is 12.1 Å². The van der Waals surface area contributed by atoms with E-state index in [0.717, 1.165) is 18.7 Å². The topological polar surface area (TPSA) is 29.5 Å². The summed E-state index contributed by atoms with van der Waals surface area (Å²) in [6.07, 6.45) is -0.256. The van der Waals surface area contributed by atoms with E-state index in [4.69, 9.17) is 4.74 Å². The minimum absolute atomic E-state index is 0.256. The minimum Gasteiger partial charge on any atom is -0.453 e. The molecule has 0 saturated carbocycles. The van der Waals surface area contributed by atoms with Gasteiger partial charge in [0.15, 0.2) is 0 Å². The molecule has 0 aliphatic heterocycles. The van der Waals surface area contributed by atoms with Gasteiger partial charge in [-0.15, -0.1) is 0 Å². The van der Waals surface area contributed by atoms with Crippen molar-refractivity contribution in [2.45, 2.75) is 20.0 Å². The van der Waals surface area contributed by atoms with E-state index in [9.17, 15) is 4.79 Å². The molecule has 2 aromatic rings. The summed E-state index contributed by atoms with van der Waals surface area (Å²) >= 11 is 0. The zero-order valence-corrected chi connectivity index (χ0v) is 13.2. The number of esters is 1. The first-order valence-corrected chi connectivity index (χ1v) is 7.78. The Kier molecular flexibility index (Phi) is 6.16. The molecule has 0 bridgehead atoms. The van der Waals surface area contributed by atoms with Gasteiger partial charge in [0.2, 0.25) is 0 Å². The summed E-state index contributed by atoms with van der Waals surface area (Å²) in [6, 6.07) is 19.1. The van der Waals surface area contributed by atoms with Crippen molar-refractivity contribution >= 4 is 5.97 Å². The SMILES string of the molecule is CCN(CC)C[C@@H](OC(=O)c1ccccc1)c1ccccc1. The van der Waals surface area contributed by atoms with Gasteiger partial charge in [0.05, 0.1) is 5.56 Å². The second-order valence-electron chi connectivity index (χ2n) is 5.16. The van der Waals surface area contributed by atoms with Crippen molar-refractivity contribution in [3.8, 4) is 0 Å². The standard InChI is InChI=1S/C19H23NO2/c1-3-20(4-2)15-18(16-11-7-5-8-12-16)22-19(21)17-13-9-6-10-14-17/h5-14,18H,3-4,15H2,1-2H3/t18-/m1/s1. The first kappa shape index (κ1) is 16.2. The van der Waals surface area contributed by atoms with Crippen molar-refractivity contribution in [2.24, 2.45) is 0 Å². The van der Waals surface area contributed by atoms with E-state index in [0.29, 0.717) is 12.1 Å². The van der Waals surface area contributed by atoms with Gasteiger partial charge in [0.25, 0.3) is 0 Å². The summed E-state index contributed by atoms with van der Waals surface area (Å²) in [5.74, 6) is -0.276. The average molecular weight is 297 g/mol. The summed E-state index contributed by atoms with van der Waals surface area (Å²) in [5, 5.41) is 0. The predicted molar refractivity (Wildman–Crippen MR) is 88.8 cm³/mol. The normalized spacial score (nSPS) is 12.1. The van der Waals surface area contributed by atoms with Crippen LogP contribution in [0.5, 0.6) is 0 Å². The highest BCUT2D eigenvalue weighted by atomic mass is 16.5. The zero-order chi connectivity index (χ0) is 15.8. The van der Waals surface area contributed by atoms with Crippen LogP contribution in [0.25, 0.3) is 0 Å². The highest BCUT2D eigenvalue weighted by Gasteiger charge is 2.20. The molecule has 1 atom stereocenters. The maximum atomic E-state index is 12.3. The molecular formula is C19H23NO2. The van der Waals surface area contributed by atoms with Crippen LogP contribution in [0.2, 0.25) is 0 Å². The van der Waals surface area contributed by atoms with Gasteiger partial charge in [-0.2, -0.15) is 0 Å². The van der Waals surface area contributed by atoms with Gasteiger partial charge in [0, 0.05) is 6.54 Å². The third-order valence-corrected chi connectivity index (χ3v) is 3.75. The van der Waals surface area contributed by atoms with Crippen molar-refractivity contribution in [1.82, 2.24) is 4.90 Å². The molecule has 0 saturated heterocycles. The van der Waals surface area contributed by atoms with Gasteiger partial charge >= 0.3 is 5.97 Å². The summed E-state index contributed by atoms with van der Waals surface area (Å²) in [6.45, 7) is 6.80. The number of rotatable bonds is 7. The third-order valence-electron chi connectivity index (χ3n) is 3.75. The lowest BCUT2D eigenvalue weighted by molar-refractivity contribution is 0.0204. The lowest BCUT2D eigenvalue weighted by atomic mass is 10.1. The van der Waals surface area contributed by atoms with Crippen LogP contribution in [-0.4, -0.2) is 30.5 Å². The molecule has 0 unspecified atom stereocenters. The van der Waals surface area contributed by atoms with Crippen molar-refractivity contribution in [1.29, 1.82) is 0 Å². The predicted octanol–water partition coefficient (Wildman–Crippen LogP) is 3.93. The van der Waals surface area contributed by atoms with Crippen molar-refractivity contribution in [3.05, 3.63) is 71.8 Å². The molecule has 0 N–H and O–H groups in total.